The van der Waals surface area contributed by atoms with Gasteiger partial charge in [-0.05, 0) is 31.5 Å². The van der Waals surface area contributed by atoms with E-state index in [-0.39, 0.29) is 18.2 Å². The van der Waals surface area contributed by atoms with E-state index in [0.717, 1.165) is 12.1 Å². The zero-order chi connectivity index (χ0) is 12.3. The molecule has 0 radical (unpaired) electrons. The van der Waals surface area contributed by atoms with Gasteiger partial charge in [-0.15, -0.1) is 0 Å². The van der Waals surface area contributed by atoms with Gasteiger partial charge in [0.2, 0.25) is 0 Å². The molecule has 0 amide bonds. The van der Waals surface area contributed by atoms with Crippen LogP contribution in [-0.4, -0.2) is 20.2 Å². The zero-order valence-electron chi connectivity index (χ0n) is 8.78. The van der Waals surface area contributed by atoms with Crippen LogP contribution in [0.4, 0.5) is 8.78 Å². The van der Waals surface area contributed by atoms with Gasteiger partial charge >= 0.3 is 0 Å². The van der Waals surface area contributed by atoms with Gasteiger partial charge in [-0.25, -0.2) is 17.2 Å². The number of nitrogens with two attached hydrogens (primary N) is 1. The smallest absolute Gasteiger partial charge is 0.181 e. The fourth-order valence-electron chi connectivity index (χ4n) is 1.17. The van der Waals surface area contributed by atoms with Crippen LogP contribution in [0.15, 0.2) is 23.1 Å². The molecule has 6 heteroatoms. The number of halogens is 2. The van der Waals surface area contributed by atoms with Crippen molar-refractivity contribution in [1.82, 2.24) is 0 Å². The van der Waals surface area contributed by atoms with E-state index in [4.69, 9.17) is 5.73 Å². The average Bonchev–Trinajstić information content (AvgIpc) is 2.19. The van der Waals surface area contributed by atoms with E-state index >= 15 is 0 Å². The Morgan fingerprint density at radius 2 is 2.00 bits per heavy atom. The quantitative estimate of drug-likeness (QED) is 0.879. The van der Waals surface area contributed by atoms with Crippen LogP contribution >= 0.6 is 0 Å². The predicted molar refractivity (Wildman–Crippen MR) is 56.7 cm³/mol. The van der Waals surface area contributed by atoms with Crippen LogP contribution in [0.1, 0.15) is 13.3 Å². The van der Waals surface area contributed by atoms with Gasteiger partial charge in [0.05, 0.1) is 5.75 Å². The van der Waals surface area contributed by atoms with Crippen molar-refractivity contribution in [3.63, 3.8) is 0 Å². The molecule has 0 spiro atoms. The minimum Gasteiger partial charge on any atom is -0.328 e. The van der Waals surface area contributed by atoms with Crippen molar-refractivity contribution >= 4 is 9.84 Å². The number of sulfone groups is 1. The van der Waals surface area contributed by atoms with Gasteiger partial charge in [0.15, 0.2) is 9.84 Å². The highest BCUT2D eigenvalue weighted by molar-refractivity contribution is 7.91. The van der Waals surface area contributed by atoms with Crippen LogP contribution in [0.2, 0.25) is 0 Å². The number of rotatable bonds is 4. The third-order valence-corrected chi connectivity index (χ3v) is 3.83. The lowest BCUT2D eigenvalue weighted by Crippen LogP contribution is -2.20. The van der Waals surface area contributed by atoms with Crippen molar-refractivity contribution in [3.8, 4) is 0 Å². The van der Waals surface area contributed by atoms with Gasteiger partial charge in [-0.3, -0.25) is 0 Å². The molecule has 1 unspecified atom stereocenters. The highest BCUT2D eigenvalue weighted by atomic mass is 32.2. The molecule has 1 rings (SSSR count). The van der Waals surface area contributed by atoms with Crippen molar-refractivity contribution in [2.24, 2.45) is 5.73 Å². The van der Waals surface area contributed by atoms with Crippen LogP contribution in [0.3, 0.4) is 0 Å². The Morgan fingerprint density at radius 1 is 1.38 bits per heavy atom. The molecule has 3 nitrogen and oxygen atoms in total. The first-order chi connectivity index (χ1) is 7.33. The fraction of sp³-hybridized carbons (Fsp3) is 0.400. The minimum atomic E-state index is -3.80. The van der Waals surface area contributed by atoms with E-state index in [2.05, 4.69) is 0 Å². The number of hydrogen-bond acceptors (Lipinski definition) is 3. The molecule has 1 atom stereocenters. The Hall–Kier alpha value is -1.01. The van der Waals surface area contributed by atoms with Gasteiger partial charge in [0.1, 0.15) is 16.5 Å². The molecular formula is C10H13F2NO2S. The molecule has 0 fully saturated rings. The largest absolute Gasteiger partial charge is 0.328 e. The van der Waals surface area contributed by atoms with Crippen molar-refractivity contribution < 1.29 is 17.2 Å². The summed E-state index contributed by atoms with van der Waals surface area (Å²) in [4.78, 5) is -0.604. The first-order valence-corrected chi connectivity index (χ1v) is 6.41. The van der Waals surface area contributed by atoms with E-state index in [1.807, 2.05) is 0 Å². The fourth-order valence-corrected chi connectivity index (χ4v) is 2.73. The van der Waals surface area contributed by atoms with Gasteiger partial charge in [0, 0.05) is 6.04 Å². The predicted octanol–water partition coefficient (Wildman–Crippen LogP) is 1.48. The molecule has 1 aromatic rings. The molecule has 16 heavy (non-hydrogen) atoms. The SMILES string of the molecule is CC(N)CCS(=O)(=O)c1cc(F)ccc1F. The maximum atomic E-state index is 13.2. The lowest BCUT2D eigenvalue weighted by Gasteiger charge is -2.07. The summed E-state index contributed by atoms with van der Waals surface area (Å²) in [5.74, 6) is -2.00. The molecule has 0 aliphatic rings. The molecule has 0 bridgehead atoms. The summed E-state index contributed by atoms with van der Waals surface area (Å²) in [6.45, 7) is 1.65. The molecule has 0 saturated heterocycles. The Morgan fingerprint density at radius 3 is 2.56 bits per heavy atom. The highest BCUT2D eigenvalue weighted by Gasteiger charge is 2.20. The summed E-state index contributed by atoms with van der Waals surface area (Å²) in [6, 6.07) is 2.06. The van der Waals surface area contributed by atoms with Gasteiger partial charge in [0.25, 0.3) is 0 Å². The summed E-state index contributed by atoms with van der Waals surface area (Å²) < 4.78 is 49.3. The summed E-state index contributed by atoms with van der Waals surface area (Å²) >= 11 is 0. The van der Waals surface area contributed by atoms with E-state index in [9.17, 15) is 17.2 Å². The van der Waals surface area contributed by atoms with Gasteiger partial charge in [-0.2, -0.15) is 0 Å². The second-order valence-electron chi connectivity index (χ2n) is 3.66. The lowest BCUT2D eigenvalue weighted by atomic mass is 10.3. The topological polar surface area (TPSA) is 60.2 Å². The summed E-state index contributed by atoms with van der Waals surface area (Å²) in [7, 11) is -3.80. The van der Waals surface area contributed by atoms with E-state index in [1.165, 1.54) is 0 Å². The van der Waals surface area contributed by atoms with E-state index in [1.54, 1.807) is 6.92 Å². The van der Waals surface area contributed by atoms with Crippen LogP contribution in [0.25, 0.3) is 0 Å². The van der Waals surface area contributed by atoms with Crippen LogP contribution in [-0.2, 0) is 9.84 Å². The maximum absolute atomic E-state index is 13.2. The molecule has 1 aromatic carbocycles. The third-order valence-electron chi connectivity index (χ3n) is 2.07. The number of benzene rings is 1. The summed E-state index contributed by atoms with van der Waals surface area (Å²) in [6.07, 6.45) is 0.207. The Kier molecular flexibility index (Phi) is 3.98. The normalized spacial score (nSPS) is 13.8. The minimum absolute atomic E-state index is 0.207. The standard InChI is InChI=1S/C10H13F2NO2S/c1-7(13)4-5-16(14,15)10-6-8(11)2-3-9(10)12/h2-3,6-7H,4-5,13H2,1H3. The molecule has 2 N–H and O–H groups in total. The zero-order valence-corrected chi connectivity index (χ0v) is 9.60. The molecule has 0 aliphatic carbocycles. The number of hydrogen-bond donors (Lipinski definition) is 1. The second-order valence-corrected chi connectivity index (χ2v) is 5.74. The van der Waals surface area contributed by atoms with Crippen molar-refractivity contribution in [3.05, 3.63) is 29.8 Å². The van der Waals surface area contributed by atoms with E-state index < -0.39 is 26.4 Å². The van der Waals surface area contributed by atoms with Crippen LogP contribution < -0.4 is 5.73 Å². The Balaban J connectivity index is 3.02. The second kappa shape index (κ2) is 4.88. The summed E-state index contributed by atoms with van der Waals surface area (Å²) in [5, 5.41) is 0. The van der Waals surface area contributed by atoms with Crippen molar-refractivity contribution in [2.45, 2.75) is 24.3 Å². The van der Waals surface area contributed by atoms with Crippen LogP contribution in [0.5, 0.6) is 0 Å². The first kappa shape index (κ1) is 13.1. The molecule has 0 heterocycles. The molecule has 0 saturated carbocycles. The molecular weight excluding hydrogens is 236 g/mol. The monoisotopic (exact) mass is 249 g/mol. The van der Waals surface area contributed by atoms with Gasteiger partial charge in [-0.1, -0.05) is 0 Å². The Labute approximate surface area is 93.2 Å². The van der Waals surface area contributed by atoms with E-state index in [0.29, 0.717) is 6.07 Å². The van der Waals surface area contributed by atoms with Gasteiger partial charge < -0.3 is 5.73 Å². The maximum Gasteiger partial charge on any atom is 0.181 e. The average molecular weight is 249 g/mol. The van der Waals surface area contributed by atoms with Crippen molar-refractivity contribution in [1.29, 1.82) is 0 Å². The third kappa shape index (κ3) is 3.24. The highest BCUT2D eigenvalue weighted by Crippen LogP contribution is 2.18. The first-order valence-electron chi connectivity index (χ1n) is 4.76. The molecule has 90 valence electrons. The molecule has 0 aliphatic heterocycles. The Bertz CT molecular complexity index is 472. The summed E-state index contributed by atoms with van der Waals surface area (Å²) in [5.41, 5.74) is 5.41. The van der Waals surface area contributed by atoms with Crippen LogP contribution in [0, 0.1) is 11.6 Å². The van der Waals surface area contributed by atoms with Crippen molar-refractivity contribution in [2.75, 3.05) is 5.75 Å². The molecule has 0 aromatic heterocycles. The lowest BCUT2D eigenvalue weighted by molar-refractivity contribution is 0.550.